The molecule has 1 aromatic heterocycles. The number of nitrogens with one attached hydrogen (secondary N) is 1. The van der Waals surface area contributed by atoms with Gasteiger partial charge in [0.15, 0.2) is 9.84 Å². The number of carbonyl (C=O) groups excluding carboxylic acids is 1. The van der Waals surface area contributed by atoms with Gasteiger partial charge in [0.1, 0.15) is 11.6 Å². The number of sulfone groups is 1. The zero-order valence-corrected chi connectivity index (χ0v) is 14.5. The normalized spacial score (nSPS) is 11.2. The van der Waals surface area contributed by atoms with E-state index in [1.165, 1.54) is 29.9 Å². The molecule has 1 aromatic carbocycles. The first-order valence-electron chi connectivity index (χ1n) is 7.06. The van der Waals surface area contributed by atoms with Gasteiger partial charge in [-0.25, -0.2) is 8.42 Å². The molecular weight excluding hydrogens is 354 g/mol. The molecule has 0 atom stereocenters. The van der Waals surface area contributed by atoms with Crippen molar-refractivity contribution in [1.82, 2.24) is 9.78 Å². The number of hydrogen-bond donors (Lipinski definition) is 1. The first-order valence-corrected chi connectivity index (χ1v) is 9.09. The predicted molar refractivity (Wildman–Crippen MR) is 88.1 cm³/mol. The summed E-state index contributed by atoms with van der Waals surface area (Å²) in [5.41, 5.74) is -1.03. The maximum atomic E-state index is 12.5. The van der Waals surface area contributed by atoms with E-state index in [0.29, 0.717) is 6.54 Å². The van der Waals surface area contributed by atoms with Crippen molar-refractivity contribution in [3.05, 3.63) is 50.4 Å². The van der Waals surface area contributed by atoms with Gasteiger partial charge in [0, 0.05) is 18.3 Å². The summed E-state index contributed by atoms with van der Waals surface area (Å²) in [4.78, 5) is 24.4. The number of aryl methyl sites for hydroxylation is 1. The highest BCUT2D eigenvalue weighted by atomic mass is 35.5. The van der Waals surface area contributed by atoms with Crippen LogP contribution in [0.25, 0.3) is 0 Å². The van der Waals surface area contributed by atoms with Gasteiger partial charge in [-0.15, -0.1) is 0 Å². The monoisotopic (exact) mass is 367 g/mol. The minimum Gasteiger partial charge on any atom is -0.302 e. The summed E-state index contributed by atoms with van der Waals surface area (Å²) in [6.07, 6.45) is 1.26. The van der Waals surface area contributed by atoms with Gasteiger partial charge in [0.2, 0.25) is 5.78 Å². The Hall–Kier alpha value is -2.37. The predicted octanol–water partition coefficient (Wildman–Crippen LogP) is 1.75. The van der Waals surface area contributed by atoms with Crippen LogP contribution in [0, 0.1) is 11.3 Å². The second kappa shape index (κ2) is 6.63. The Labute approximate surface area is 143 Å². The third-order valence-electron chi connectivity index (χ3n) is 3.58. The molecule has 0 amide bonds. The minimum absolute atomic E-state index is 0.0948. The van der Waals surface area contributed by atoms with E-state index >= 15 is 0 Å². The number of aromatic amines is 1. The Morgan fingerprint density at radius 3 is 2.50 bits per heavy atom. The molecule has 0 saturated heterocycles. The molecule has 0 fully saturated rings. The summed E-state index contributed by atoms with van der Waals surface area (Å²) < 4.78 is 25.3. The maximum Gasteiger partial charge on any atom is 0.277 e. The number of benzene rings is 1. The lowest BCUT2D eigenvalue weighted by atomic mass is 10.0. The summed E-state index contributed by atoms with van der Waals surface area (Å²) in [7, 11) is -3.67. The van der Waals surface area contributed by atoms with Crippen LogP contribution in [-0.4, -0.2) is 29.7 Å². The highest BCUT2D eigenvalue weighted by Crippen LogP contribution is 2.29. The Morgan fingerprint density at radius 1 is 1.33 bits per heavy atom. The molecule has 0 aliphatic heterocycles. The lowest BCUT2D eigenvalue weighted by Gasteiger charge is -2.09. The topological polar surface area (TPSA) is 113 Å². The Bertz CT molecular complexity index is 1010. The molecule has 2 rings (SSSR count). The summed E-state index contributed by atoms with van der Waals surface area (Å²) >= 11 is 6.09. The van der Waals surface area contributed by atoms with E-state index in [2.05, 4.69) is 5.10 Å². The number of nitrogens with zero attached hydrogens (tertiary/aromatic N) is 2. The summed E-state index contributed by atoms with van der Waals surface area (Å²) in [6.45, 7) is 3.53. The van der Waals surface area contributed by atoms with Gasteiger partial charge < -0.3 is 5.10 Å². The van der Waals surface area contributed by atoms with Crippen LogP contribution in [0.5, 0.6) is 0 Å². The Morgan fingerprint density at radius 2 is 2.00 bits per heavy atom. The number of aromatic nitrogens is 2. The molecule has 0 aliphatic carbocycles. The van der Waals surface area contributed by atoms with Crippen LogP contribution in [0.3, 0.4) is 0 Å². The van der Waals surface area contributed by atoms with Gasteiger partial charge >= 0.3 is 0 Å². The third kappa shape index (κ3) is 2.88. The second-order valence-corrected chi connectivity index (χ2v) is 7.51. The number of halogens is 1. The van der Waals surface area contributed by atoms with Crippen molar-refractivity contribution in [3.8, 4) is 6.07 Å². The van der Waals surface area contributed by atoms with Gasteiger partial charge in [-0.05, 0) is 19.1 Å². The van der Waals surface area contributed by atoms with Gasteiger partial charge in [-0.3, -0.25) is 14.3 Å². The van der Waals surface area contributed by atoms with E-state index in [1.807, 2.05) is 0 Å². The quantitative estimate of drug-likeness (QED) is 0.809. The zero-order chi connectivity index (χ0) is 18.1. The minimum atomic E-state index is -3.67. The summed E-state index contributed by atoms with van der Waals surface area (Å²) in [6, 6.07) is 4.11. The highest BCUT2D eigenvalue weighted by molar-refractivity contribution is 7.91. The van der Waals surface area contributed by atoms with E-state index in [-0.39, 0.29) is 32.4 Å². The van der Waals surface area contributed by atoms with Crippen LogP contribution in [-0.2, 0) is 16.4 Å². The first-order chi connectivity index (χ1) is 11.3. The number of H-pyrrole nitrogens is 1. The molecule has 0 aliphatic rings. The fourth-order valence-electron chi connectivity index (χ4n) is 2.20. The lowest BCUT2D eigenvalue weighted by molar-refractivity contribution is 0.103. The van der Waals surface area contributed by atoms with Crippen LogP contribution in [0.15, 0.2) is 28.0 Å². The molecule has 0 bridgehead atoms. The van der Waals surface area contributed by atoms with Crippen molar-refractivity contribution in [1.29, 1.82) is 5.26 Å². The second-order valence-electron chi connectivity index (χ2n) is 4.88. The molecule has 0 spiro atoms. The molecule has 1 heterocycles. The fraction of sp³-hybridized carbons (Fsp3) is 0.267. The standard InChI is InChI=1S/C15H14ClN3O4S/c1-3-19-15(21)11(8-18-19)14(20)9-5-6-12(24(22,23)4-2)10(7-17)13(9)16/h5-6,8,18H,3-4H2,1-2H3. The maximum absolute atomic E-state index is 12.5. The first kappa shape index (κ1) is 18.0. The SMILES string of the molecule is CCn1[nH]cc(C(=O)c2ccc(S(=O)(=O)CC)c(C#N)c2Cl)c1=O. The average Bonchev–Trinajstić information content (AvgIpc) is 2.94. The van der Waals surface area contributed by atoms with Crippen LogP contribution >= 0.6 is 11.6 Å². The summed E-state index contributed by atoms with van der Waals surface area (Å²) in [5, 5.41) is 11.6. The van der Waals surface area contributed by atoms with Gasteiger partial charge in [0.05, 0.1) is 21.2 Å². The molecular formula is C15H14ClN3O4S. The molecule has 1 N–H and O–H groups in total. The lowest BCUT2D eigenvalue weighted by Crippen LogP contribution is -2.21. The fourth-order valence-corrected chi connectivity index (χ4v) is 3.60. The van der Waals surface area contributed by atoms with Crippen molar-refractivity contribution in [2.45, 2.75) is 25.3 Å². The van der Waals surface area contributed by atoms with Crippen molar-refractivity contribution in [3.63, 3.8) is 0 Å². The van der Waals surface area contributed by atoms with E-state index in [4.69, 9.17) is 11.6 Å². The van der Waals surface area contributed by atoms with Crippen LogP contribution in [0.2, 0.25) is 5.02 Å². The van der Waals surface area contributed by atoms with Gasteiger partial charge in [0.25, 0.3) is 5.56 Å². The number of carbonyl (C=O) groups is 1. The molecule has 0 unspecified atom stereocenters. The molecule has 7 nitrogen and oxygen atoms in total. The third-order valence-corrected chi connectivity index (χ3v) is 5.74. The molecule has 0 radical (unpaired) electrons. The molecule has 9 heteroatoms. The molecule has 24 heavy (non-hydrogen) atoms. The van der Waals surface area contributed by atoms with E-state index in [9.17, 15) is 23.3 Å². The number of rotatable bonds is 5. The van der Waals surface area contributed by atoms with Gasteiger partial charge in [-0.2, -0.15) is 5.26 Å². The van der Waals surface area contributed by atoms with Crippen molar-refractivity contribution in [2.24, 2.45) is 0 Å². The molecule has 0 saturated carbocycles. The Kier molecular flexibility index (Phi) is 4.96. The Balaban J connectivity index is 2.65. The number of nitriles is 1. The van der Waals surface area contributed by atoms with Crippen LogP contribution < -0.4 is 5.56 Å². The van der Waals surface area contributed by atoms with Crippen molar-refractivity contribution >= 4 is 27.2 Å². The average molecular weight is 368 g/mol. The van der Waals surface area contributed by atoms with Crippen molar-refractivity contribution in [2.75, 3.05) is 5.75 Å². The smallest absolute Gasteiger partial charge is 0.277 e. The number of ketones is 1. The van der Waals surface area contributed by atoms with Crippen LogP contribution in [0.4, 0.5) is 0 Å². The van der Waals surface area contributed by atoms with E-state index in [1.54, 1.807) is 13.0 Å². The molecule has 2 aromatic rings. The number of hydrogen-bond acceptors (Lipinski definition) is 5. The zero-order valence-electron chi connectivity index (χ0n) is 13.0. The van der Waals surface area contributed by atoms with Gasteiger partial charge in [-0.1, -0.05) is 18.5 Å². The van der Waals surface area contributed by atoms with Crippen LogP contribution in [0.1, 0.15) is 35.3 Å². The largest absolute Gasteiger partial charge is 0.302 e. The molecule has 126 valence electrons. The van der Waals surface area contributed by atoms with E-state index in [0.717, 1.165) is 0 Å². The van der Waals surface area contributed by atoms with E-state index < -0.39 is 21.2 Å². The summed E-state index contributed by atoms with van der Waals surface area (Å²) in [5.74, 6) is -0.880. The van der Waals surface area contributed by atoms with Crippen molar-refractivity contribution < 1.29 is 13.2 Å². The highest BCUT2D eigenvalue weighted by Gasteiger charge is 2.25.